The van der Waals surface area contributed by atoms with Crippen LogP contribution in [0.25, 0.3) is 11.3 Å². The fraction of sp³-hybridized carbons (Fsp3) is 0.133. The number of aromatic nitrogens is 3. The number of nitrogens with one attached hydrogen (secondary N) is 2. The van der Waals surface area contributed by atoms with Gasteiger partial charge in [-0.2, -0.15) is 5.10 Å². The Morgan fingerprint density at radius 3 is 2.57 bits per heavy atom. The highest BCUT2D eigenvalue weighted by Crippen LogP contribution is 2.21. The van der Waals surface area contributed by atoms with Crippen LogP contribution in [0.3, 0.4) is 0 Å². The maximum absolute atomic E-state index is 12.2. The van der Waals surface area contributed by atoms with E-state index in [9.17, 15) is 4.79 Å². The van der Waals surface area contributed by atoms with E-state index >= 15 is 0 Å². The van der Waals surface area contributed by atoms with Gasteiger partial charge in [-0.15, -0.1) is 0 Å². The molecular weight excluding hydrogens is 268 g/mol. The summed E-state index contributed by atoms with van der Waals surface area (Å²) in [4.78, 5) is 16.1. The van der Waals surface area contributed by atoms with Gasteiger partial charge in [-0.05, 0) is 38.1 Å². The van der Waals surface area contributed by atoms with Crippen LogP contribution >= 0.6 is 0 Å². The van der Waals surface area contributed by atoms with Crippen molar-refractivity contribution in [3.8, 4) is 11.3 Å². The molecule has 0 spiro atoms. The fourth-order valence-corrected chi connectivity index (χ4v) is 2.16. The number of rotatable bonds is 3. The molecule has 0 aliphatic rings. The largest absolute Gasteiger partial charge is 0.444 e. The first-order chi connectivity index (χ1) is 10.1. The number of nitrogens with zero attached hydrogens (tertiary/aromatic N) is 2. The van der Waals surface area contributed by atoms with Crippen LogP contribution in [0.5, 0.6) is 0 Å². The molecule has 0 saturated carbocycles. The highest BCUT2D eigenvalue weighted by Gasteiger charge is 2.15. The summed E-state index contributed by atoms with van der Waals surface area (Å²) in [5.41, 5.74) is 3.63. The quantitative estimate of drug-likeness (QED) is 0.773. The summed E-state index contributed by atoms with van der Waals surface area (Å²) in [5, 5.41) is 9.68. The number of hydrogen-bond donors (Lipinski definition) is 2. The van der Waals surface area contributed by atoms with Gasteiger partial charge in [-0.25, -0.2) is 4.98 Å². The average Bonchev–Trinajstić information content (AvgIpc) is 3.10. The molecule has 0 atom stereocenters. The molecule has 1 aromatic carbocycles. The number of anilines is 1. The van der Waals surface area contributed by atoms with E-state index in [0.717, 1.165) is 11.3 Å². The topological polar surface area (TPSA) is 83.8 Å². The van der Waals surface area contributed by atoms with Gasteiger partial charge in [0, 0.05) is 16.9 Å². The van der Waals surface area contributed by atoms with Crippen molar-refractivity contribution in [2.45, 2.75) is 13.8 Å². The zero-order valence-electron chi connectivity index (χ0n) is 11.7. The van der Waals surface area contributed by atoms with Crippen molar-refractivity contribution in [3.63, 3.8) is 0 Å². The van der Waals surface area contributed by atoms with Crippen molar-refractivity contribution >= 4 is 11.6 Å². The summed E-state index contributed by atoms with van der Waals surface area (Å²) in [6, 6.07) is 7.37. The Morgan fingerprint density at radius 1 is 1.24 bits per heavy atom. The van der Waals surface area contributed by atoms with Crippen LogP contribution in [0, 0.1) is 13.8 Å². The van der Waals surface area contributed by atoms with Gasteiger partial charge in [0.2, 0.25) is 0 Å². The fourth-order valence-electron chi connectivity index (χ4n) is 2.16. The summed E-state index contributed by atoms with van der Waals surface area (Å²) in [7, 11) is 0. The predicted molar refractivity (Wildman–Crippen MR) is 78.0 cm³/mol. The van der Waals surface area contributed by atoms with Gasteiger partial charge in [-0.1, -0.05) is 0 Å². The third kappa shape index (κ3) is 2.55. The van der Waals surface area contributed by atoms with E-state index in [0.29, 0.717) is 22.7 Å². The van der Waals surface area contributed by atoms with Crippen LogP contribution in [0.1, 0.15) is 21.7 Å². The summed E-state index contributed by atoms with van der Waals surface area (Å²) < 4.78 is 5.22. The van der Waals surface area contributed by atoms with Gasteiger partial charge in [0.1, 0.15) is 0 Å². The van der Waals surface area contributed by atoms with Crippen LogP contribution in [0.4, 0.5) is 5.69 Å². The number of hydrogen-bond acceptors (Lipinski definition) is 4. The summed E-state index contributed by atoms with van der Waals surface area (Å²) in [6.45, 7) is 3.62. The second-order valence-electron chi connectivity index (χ2n) is 4.71. The van der Waals surface area contributed by atoms with Crippen molar-refractivity contribution in [1.29, 1.82) is 0 Å². The maximum atomic E-state index is 12.2. The third-order valence-corrected chi connectivity index (χ3v) is 3.21. The molecule has 2 aromatic heterocycles. The number of carbonyl (C=O) groups excluding carboxylic acids is 1. The summed E-state index contributed by atoms with van der Waals surface area (Å²) in [5.74, 6) is 0.514. The van der Waals surface area contributed by atoms with Crippen LogP contribution in [0.15, 0.2) is 41.3 Å². The molecule has 0 aliphatic heterocycles. The van der Waals surface area contributed by atoms with Crippen LogP contribution < -0.4 is 5.32 Å². The lowest BCUT2D eigenvalue weighted by Crippen LogP contribution is -2.13. The molecule has 106 valence electrons. The van der Waals surface area contributed by atoms with E-state index in [-0.39, 0.29) is 5.91 Å². The van der Waals surface area contributed by atoms with Gasteiger partial charge in [-0.3, -0.25) is 9.89 Å². The number of H-pyrrole nitrogens is 1. The van der Waals surface area contributed by atoms with E-state index in [1.165, 1.54) is 6.39 Å². The average molecular weight is 282 g/mol. The molecule has 2 heterocycles. The number of oxazole rings is 1. The van der Waals surface area contributed by atoms with Crippen molar-refractivity contribution in [2.75, 3.05) is 5.32 Å². The normalized spacial score (nSPS) is 10.6. The molecule has 0 bridgehead atoms. The molecule has 1 amide bonds. The Morgan fingerprint density at radius 2 is 2.00 bits per heavy atom. The zero-order chi connectivity index (χ0) is 14.8. The van der Waals surface area contributed by atoms with Gasteiger partial charge < -0.3 is 9.73 Å². The Labute approximate surface area is 121 Å². The minimum atomic E-state index is -0.175. The number of benzene rings is 1. The SMILES string of the molecule is Cc1n[nH]c(C)c1C(=O)Nc1ccc(-c2cnco2)cc1. The second-order valence-corrected chi connectivity index (χ2v) is 4.71. The first-order valence-electron chi connectivity index (χ1n) is 6.47. The first-order valence-corrected chi connectivity index (χ1v) is 6.47. The van der Waals surface area contributed by atoms with Gasteiger partial charge in [0.15, 0.2) is 12.2 Å². The Bertz CT molecular complexity index is 738. The van der Waals surface area contributed by atoms with E-state index in [2.05, 4.69) is 20.5 Å². The Kier molecular flexibility index (Phi) is 3.27. The van der Waals surface area contributed by atoms with E-state index in [1.54, 1.807) is 13.1 Å². The molecule has 3 rings (SSSR count). The van der Waals surface area contributed by atoms with E-state index < -0.39 is 0 Å². The zero-order valence-corrected chi connectivity index (χ0v) is 11.7. The van der Waals surface area contributed by atoms with E-state index in [4.69, 9.17) is 4.42 Å². The number of aromatic amines is 1. The number of aryl methyl sites for hydroxylation is 2. The molecule has 0 aliphatic carbocycles. The van der Waals surface area contributed by atoms with Crippen LogP contribution in [0.2, 0.25) is 0 Å². The maximum Gasteiger partial charge on any atom is 0.259 e. The predicted octanol–water partition coefficient (Wildman–Crippen LogP) is 2.93. The molecule has 0 saturated heterocycles. The lowest BCUT2D eigenvalue weighted by molar-refractivity contribution is 0.102. The smallest absolute Gasteiger partial charge is 0.259 e. The number of amides is 1. The lowest BCUT2D eigenvalue weighted by atomic mass is 10.1. The number of carbonyl (C=O) groups is 1. The van der Waals surface area contributed by atoms with Crippen molar-refractivity contribution < 1.29 is 9.21 Å². The van der Waals surface area contributed by atoms with Crippen molar-refractivity contribution in [1.82, 2.24) is 15.2 Å². The molecule has 0 fully saturated rings. The molecule has 2 N–H and O–H groups in total. The molecule has 0 unspecified atom stereocenters. The summed E-state index contributed by atoms with van der Waals surface area (Å²) >= 11 is 0. The minimum absolute atomic E-state index is 0.175. The Hall–Kier alpha value is -2.89. The molecule has 21 heavy (non-hydrogen) atoms. The van der Waals surface area contributed by atoms with Crippen LogP contribution in [-0.4, -0.2) is 21.1 Å². The third-order valence-electron chi connectivity index (χ3n) is 3.21. The molecular formula is C15H14N4O2. The standard InChI is InChI=1S/C15H14N4O2/c1-9-14(10(2)19-18-9)15(20)17-12-5-3-11(4-6-12)13-7-16-8-21-13/h3-8H,1-2H3,(H,17,20)(H,18,19). The molecule has 0 radical (unpaired) electrons. The van der Waals surface area contributed by atoms with Crippen molar-refractivity contribution in [3.05, 3.63) is 53.8 Å². The van der Waals surface area contributed by atoms with Gasteiger partial charge in [0.25, 0.3) is 5.91 Å². The highest BCUT2D eigenvalue weighted by atomic mass is 16.3. The van der Waals surface area contributed by atoms with Crippen molar-refractivity contribution in [2.24, 2.45) is 0 Å². The lowest BCUT2D eigenvalue weighted by Gasteiger charge is -2.06. The van der Waals surface area contributed by atoms with E-state index in [1.807, 2.05) is 31.2 Å². The molecule has 3 aromatic rings. The second kappa shape index (κ2) is 5.24. The Balaban J connectivity index is 1.78. The first kappa shape index (κ1) is 13.1. The molecule has 6 heteroatoms. The monoisotopic (exact) mass is 282 g/mol. The highest BCUT2D eigenvalue weighted by molar-refractivity contribution is 6.05. The molecule has 6 nitrogen and oxygen atoms in total. The summed E-state index contributed by atoms with van der Waals surface area (Å²) in [6.07, 6.45) is 3.03. The van der Waals surface area contributed by atoms with Crippen LogP contribution in [-0.2, 0) is 0 Å². The minimum Gasteiger partial charge on any atom is -0.444 e. The van der Waals surface area contributed by atoms with Gasteiger partial charge >= 0.3 is 0 Å². The van der Waals surface area contributed by atoms with Gasteiger partial charge in [0.05, 0.1) is 17.5 Å².